The summed E-state index contributed by atoms with van der Waals surface area (Å²) in [6.45, 7) is 4.63. The summed E-state index contributed by atoms with van der Waals surface area (Å²) in [5.41, 5.74) is 4.33. The normalized spacial score (nSPS) is 10.9. The summed E-state index contributed by atoms with van der Waals surface area (Å²) in [6, 6.07) is 12.0. The highest BCUT2D eigenvalue weighted by Crippen LogP contribution is 2.18. The van der Waals surface area contributed by atoms with Crippen LogP contribution in [0.5, 0.6) is 0 Å². The summed E-state index contributed by atoms with van der Waals surface area (Å²) in [4.78, 5) is 37.1. The first-order valence-electron chi connectivity index (χ1n) is 10.6. The van der Waals surface area contributed by atoms with Crippen LogP contribution in [0.4, 0.5) is 5.82 Å². The zero-order valence-electron chi connectivity index (χ0n) is 18.2. The van der Waals surface area contributed by atoms with Crippen LogP contribution in [-0.4, -0.2) is 32.0 Å². The third-order valence-corrected chi connectivity index (χ3v) is 5.54. The Hall–Kier alpha value is -3.94. The quantitative estimate of drug-likeness (QED) is 0.392. The van der Waals surface area contributed by atoms with E-state index in [-0.39, 0.29) is 28.1 Å². The van der Waals surface area contributed by atoms with Crippen molar-refractivity contribution in [1.29, 1.82) is 0 Å². The smallest absolute Gasteiger partial charge is 0.293 e. The lowest BCUT2D eigenvalue weighted by Crippen LogP contribution is -2.34. The van der Waals surface area contributed by atoms with Gasteiger partial charge in [0, 0.05) is 47.0 Å². The first kappa shape index (κ1) is 21.3. The van der Waals surface area contributed by atoms with Crippen LogP contribution in [0.15, 0.2) is 59.8 Å². The standard InChI is InChI=1S/C24H26N6O2.3H2/c1-16-12-28-23(26-10-8-18-6-4-3-5-7-18)24(32)30(16)15-21(31)27-13-19-14-29-22-20(17(19)2)9-11-25-22;;;/h3-7,9,11-12,14H,8,10,13,15H2,1-2H3,(H,25,29)(H,26,28)(H,27,31);3*1H. The van der Waals surface area contributed by atoms with Gasteiger partial charge in [0.15, 0.2) is 5.82 Å². The van der Waals surface area contributed by atoms with Gasteiger partial charge >= 0.3 is 0 Å². The fourth-order valence-corrected chi connectivity index (χ4v) is 3.61. The minimum Gasteiger partial charge on any atom is -0.365 e. The maximum absolute atomic E-state index is 12.9. The highest BCUT2D eigenvalue weighted by atomic mass is 16.2. The molecule has 8 heteroatoms. The molecule has 3 N–H and O–H groups in total. The van der Waals surface area contributed by atoms with Crippen LogP contribution in [0.2, 0.25) is 0 Å². The van der Waals surface area contributed by atoms with Crippen molar-refractivity contribution in [2.75, 3.05) is 11.9 Å². The number of hydrogen-bond donors (Lipinski definition) is 3. The Labute approximate surface area is 190 Å². The predicted molar refractivity (Wildman–Crippen MR) is 131 cm³/mol. The average molecular weight is 437 g/mol. The average Bonchev–Trinajstić information content (AvgIpc) is 3.28. The molecule has 4 rings (SSSR count). The van der Waals surface area contributed by atoms with Crippen LogP contribution < -0.4 is 16.2 Å². The molecule has 0 radical (unpaired) electrons. The lowest BCUT2D eigenvalue weighted by Gasteiger charge is -2.13. The van der Waals surface area contributed by atoms with Crippen LogP contribution in [-0.2, 0) is 24.3 Å². The molecule has 0 aliphatic rings. The highest BCUT2D eigenvalue weighted by Gasteiger charge is 2.12. The second-order valence-corrected chi connectivity index (χ2v) is 7.73. The largest absolute Gasteiger partial charge is 0.365 e. The Morgan fingerprint density at radius 3 is 2.75 bits per heavy atom. The van der Waals surface area contributed by atoms with Gasteiger partial charge in [0.05, 0.1) is 0 Å². The molecule has 4 aromatic rings. The van der Waals surface area contributed by atoms with Gasteiger partial charge in [-0.3, -0.25) is 14.2 Å². The van der Waals surface area contributed by atoms with E-state index >= 15 is 0 Å². The molecular formula is C24H32N6O2. The van der Waals surface area contributed by atoms with Crippen molar-refractivity contribution in [2.24, 2.45) is 0 Å². The fraction of sp³-hybridized carbons (Fsp3) is 0.250. The number of amides is 1. The number of aromatic amines is 1. The van der Waals surface area contributed by atoms with E-state index < -0.39 is 0 Å². The number of anilines is 1. The maximum Gasteiger partial charge on any atom is 0.293 e. The number of nitrogens with one attached hydrogen (secondary N) is 3. The van der Waals surface area contributed by atoms with Gasteiger partial charge in [-0.1, -0.05) is 30.3 Å². The molecule has 3 heterocycles. The summed E-state index contributed by atoms with van der Waals surface area (Å²) < 4.78 is 1.44. The van der Waals surface area contributed by atoms with Crippen molar-refractivity contribution in [2.45, 2.75) is 33.4 Å². The van der Waals surface area contributed by atoms with Crippen LogP contribution in [0, 0.1) is 13.8 Å². The number of aromatic nitrogens is 4. The van der Waals surface area contributed by atoms with E-state index in [1.807, 2.05) is 49.5 Å². The van der Waals surface area contributed by atoms with Crippen molar-refractivity contribution >= 4 is 22.8 Å². The molecule has 0 aliphatic carbocycles. The van der Waals surface area contributed by atoms with Gasteiger partial charge in [-0.25, -0.2) is 9.97 Å². The number of carbonyl (C=O) groups excluding carboxylic acids is 1. The zero-order chi connectivity index (χ0) is 22.5. The first-order valence-corrected chi connectivity index (χ1v) is 10.6. The van der Waals surface area contributed by atoms with E-state index in [1.54, 1.807) is 19.3 Å². The number of rotatable bonds is 8. The molecule has 0 saturated heterocycles. The van der Waals surface area contributed by atoms with Gasteiger partial charge < -0.3 is 15.6 Å². The van der Waals surface area contributed by atoms with Gasteiger partial charge in [-0.15, -0.1) is 0 Å². The number of nitrogens with zero attached hydrogens (tertiary/aromatic N) is 3. The number of pyridine rings is 1. The second-order valence-electron chi connectivity index (χ2n) is 7.73. The molecule has 170 valence electrons. The van der Waals surface area contributed by atoms with E-state index in [0.29, 0.717) is 18.8 Å². The lowest BCUT2D eigenvalue weighted by atomic mass is 10.1. The van der Waals surface area contributed by atoms with Crippen LogP contribution in [0.25, 0.3) is 11.0 Å². The molecule has 8 nitrogen and oxygen atoms in total. The minimum atomic E-state index is -0.306. The number of H-pyrrole nitrogens is 1. The summed E-state index contributed by atoms with van der Waals surface area (Å²) in [6.07, 6.45) is 5.98. The predicted octanol–water partition coefficient (Wildman–Crippen LogP) is 3.45. The summed E-state index contributed by atoms with van der Waals surface area (Å²) in [7, 11) is 0. The van der Waals surface area contributed by atoms with Crippen molar-refractivity contribution in [1.82, 2.24) is 24.8 Å². The van der Waals surface area contributed by atoms with Gasteiger partial charge in [0.25, 0.3) is 5.56 Å². The molecular weight excluding hydrogens is 404 g/mol. The monoisotopic (exact) mass is 436 g/mol. The van der Waals surface area contributed by atoms with E-state index in [0.717, 1.165) is 28.6 Å². The second kappa shape index (κ2) is 9.47. The lowest BCUT2D eigenvalue weighted by molar-refractivity contribution is -0.121. The molecule has 32 heavy (non-hydrogen) atoms. The zero-order valence-corrected chi connectivity index (χ0v) is 18.2. The van der Waals surface area contributed by atoms with E-state index in [1.165, 1.54) is 10.1 Å². The summed E-state index contributed by atoms with van der Waals surface area (Å²) in [5, 5.41) is 7.02. The van der Waals surface area contributed by atoms with Gasteiger partial charge in [-0.05, 0) is 43.0 Å². The number of fused-ring (bicyclic) bond motifs is 1. The van der Waals surface area contributed by atoms with Crippen LogP contribution in [0.1, 0.15) is 26.7 Å². The van der Waals surface area contributed by atoms with E-state index in [9.17, 15) is 9.59 Å². The Kier molecular flexibility index (Phi) is 6.30. The Morgan fingerprint density at radius 2 is 1.94 bits per heavy atom. The SMILES string of the molecule is Cc1c(CNC(=O)Cn2c(C)cnc(NCCc3ccccc3)c2=O)cnc2[nH]ccc12.[HH].[HH].[HH]. The van der Waals surface area contributed by atoms with Gasteiger partial charge in [0.2, 0.25) is 5.91 Å². The first-order chi connectivity index (χ1) is 15.5. The van der Waals surface area contributed by atoms with Crippen molar-refractivity contribution < 1.29 is 9.07 Å². The van der Waals surface area contributed by atoms with Crippen molar-refractivity contribution in [3.05, 3.63) is 87.7 Å². The van der Waals surface area contributed by atoms with Crippen LogP contribution in [0.3, 0.4) is 0 Å². The Morgan fingerprint density at radius 1 is 1.12 bits per heavy atom. The number of carbonyl (C=O) groups is 1. The molecule has 3 aromatic heterocycles. The van der Waals surface area contributed by atoms with Gasteiger partial charge in [-0.2, -0.15) is 0 Å². The topological polar surface area (TPSA) is 105 Å². The van der Waals surface area contributed by atoms with E-state index in [4.69, 9.17) is 0 Å². The maximum atomic E-state index is 12.9. The summed E-state index contributed by atoms with van der Waals surface area (Å²) in [5.74, 6) is 0.00230. The number of hydrogen-bond acceptors (Lipinski definition) is 5. The fourth-order valence-electron chi connectivity index (χ4n) is 3.61. The van der Waals surface area contributed by atoms with Crippen LogP contribution >= 0.6 is 0 Å². The third kappa shape index (κ3) is 4.69. The number of benzene rings is 1. The molecule has 1 amide bonds. The third-order valence-electron chi connectivity index (χ3n) is 5.54. The molecule has 1 aromatic carbocycles. The molecule has 0 aliphatic heterocycles. The van der Waals surface area contributed by atoms with E-state index in [2.05, 4.69) is 25.6 Å². The minimum absolute atomic E-state index is 0. The molecule has 0 spiro atoms. The Bertz CT molecular complexity index is 1310. The Balaban J connectivity index is 0.00000204. The summed E-state index contributed by atoms with van der Waals surface area (Å²) >= 11 is 0. The molecule has 0 unspecified atom stereocenters. The molecule has 0 saturated carbocycles. The van der Waals surface area contributed by atoms with Crippen molar-refractivity contribution in [3.63, 3.8) is 0 Å². The highest BCUT2D eigenvalue weighted by molar-refractivity contribution is 5.80. The van der Waals surface area contributed by atoms with Gasteiger partial charge in [0.1, 0.15) is 12.2 Å². The molecule has 0 atom stereocenters. The molecule has 0 fully saturated rings. The molecule has 0 bridgehead atoms. The van der Waals surface area contributed by atoms with Crippen molar-refractivity contribution in [3.8, 4) is 0 Å². The number of aryl methyl sites for hydroxylation is 2.